The first-order valence-corrected chi connectivity index (χ1v) is 7.96. The predicted molar refractivity (Wildman–Crippen MR) is 84.4 cm³/mol. The Labute approximate surface area is 123 Å². The zero-order chi connectivity index (χ0) is 13.9. The average molecular weight is 291 g/mol. The van der Waals surface area contributed by atoms with Crippen molar-refractivity contribution in [3.63, 3.8) is 0 Å². The van der Waals surface area contributed by atoms with Crippen LogP contribution in [0.2, 0.25) is 0 Å². The molecule has 0 aliphatic carbocycles. The normalized spacial score (nSPS) is 19.3. The molecule has 1 atom stereocenters. The van der Waals surface area contributed by atoms with Crippen LogP contribution in [0.25, 0.3) is 10.2 Å². The van der Waals surface area contributed by atoms with E-state index in [9.17, 15) is 0 Å². The summed E-state index contributed by atoms with van der Waals surface area (Å²) in [5.41, 5.74) is 0. The average Bonchev–Trinajstić information content (AvgIpc) is 2.94. The molecular weight excluding hydrogens is 270 g/mol. The highest BCUT2D eigenvalue weighted by Crippen LogP contribution is 2.23. The monoisotopic (exact) mass is 291 g/mol. The van der Waals surface area contributed by atoms with E-state index in [1.54, 1.807) is 17.7 Å². The van der Waals surface area contributed by atoms with Gasteiger partial charge in [-0.1, -0.05) is 0 Å². The molecule has 0 amide bonds. The summed E-state index contributed by atoms with van der Waals surface area (Å²) in [5.74, 6) is 0.956. The number of thiophene rings is 1. The fourth-order valence-electron chi connectivity index (χ4n) is 2.57. The van der Waals surface area contributed by atoms with Crippen LogP contribution in [0.5, 0.6) is 0 Å². The van der Waals surface area contributed by atoms with Crippen molar-refractivity contribution in [2.24, 2.45) is 0 Å². The summed E-state index contributed by atoms with van der Waals surface area (Å²) in [6.07, 6.45) is 1.64. The smallest absolute Gasteiger partial charge is 0.138 e. The van der Waals surface area contributed by atoms with Gasteiger partial charge in [0.15, 0.2) is 0 Å². The minimum absolute atomic E-state index is 0.521. The van der Waals surface area contributed by atoms with Crippen molar-refractivity contribution in [3.8, 4) is 0 Å². The Morgan fingerprint density at radius 1 is 1.30 bits per heavy atom. The fraction of sp³-hybridized carbons (Fsp3) is 0.571. The van der Waals surface area contributed by atoms with E-state index in [0.29, 0.717) is 6.04 Å². The lowest BCUT2D eigenvalue weighted by Crippen LogP contribution is -2.49. The quantitative estimate of drug-likeness (QED) is 0.929. The van der Waals surface area contributed by atoms with Crippen molar-refractivity contribution in [1.82, 2.24) is 19.8 Å². The molecule has 3 rings (SSSR count). The minimum atomic E-state index is 0.521. The molecule has 0 radical (unpaired) electrons. The first-order chi connectivity index (χ1) is 9.74. The number of hydrogen-bond donors (Lipinski definition) is 1. The first-order valence-electron chi connectivity index (χ1n) is 7.08. The number of nitrogens with one attached hydrogen (secondary N) is 1. The van der Waals surface area contributed by atoms with Gasteiger partial charge in [0.25, 0.3) is 0 Å². The van der Waals surface area contributed by atoms with Crippen LogP contribution in [-0.4, -0.2) is 65.6 Å². The highest BCUT2D eigenvalue weighted by Gasteiger charge is 2.19. The third kappa shape index (κ3) is 2.92. The van der Waals surface area contributed by atoms with Crippen LogP contribution >= 0.6 is 11.3 Å². The molecule has 2 aromatic rings. The molecule has 20 heavy (non-hydrogen) atoms. The Bertz CT molecular complexity index is 561. The van der Waals surface area contributed by atoms with Crippen LogP contribution < -0.4 is 5.32 Å². The number of rotatable bonds is 4. The molecule has 2 aromatic heterocycles. The molecule has 0 aromatic carbocycles. The summed E-state index contributed by atoms with van der Waals surface area (Å²) in [7, 11) is 2.19. The van der Waals surface area contributed by atoms with E-state index in [1.807, 2.05) is 0 Å². The molecule has 108 valence electrons. The van der Waals surface area contributed by atoms with E-state index in [-0.39, 0.29) is 0 Å². The van der Waals surface area contributed by atoms with Gasteiger partial charge in [-0.3, -0.25) is 4.90 Å². The Kier molecular flexibility index (Phi) is 4.14. The topological polar surface area (TPSA) is 44.3 Å². The Morgan fingerprint density at radius 2 is 2.10 bits per heavy atom. The van der Waals surface area contributed by atoms with Crippen LogP contribution in [0, 0.1) is 0 Å². The number of fused-ring (bicyclic) bond motifs is 1. The van der Waals surface area contributed by atoms with Gasteiger partial charge in [0.05, 0.1) is 5.39 Å². The van der Waals surface area contributed by atoms with Gasteiger partial charge in [-0.15, -0.1) is 11.3 Å². The Morgan fingerprint density at radius 3 is 2.90 bits per heavy atom. The molecule has 6 heteroatoms. The lowest BCUT2D eigenvalue weighted by molar-refractivity contribution is 0.123. The first kappa shape index (κ1) is 13.7. The molecular formula is C14H21N5S. The number of anilines is 1. The lowest BCUT2D eigenvalue weighted by atomic mass is 10.2. The van der Waals surface area contributed by atoms with Crippen molar-refractivity contribution < 1.29 is 0 Å². The fourth-order valence-corrected chi connectivity index (χ4v) is 3.30. The van der Waals surface area contributed by atoms with Crippen molar-refractivity contribution in [2.75, 3.05) is 45.1 Å². The molecule has 1 fully saturated rings. The van der Waals surface area contributed by atoms with Gasteiger partial charge in [-0.2, -0.15) is 0 Å². The second-order valence-corrected chi connectivity index (χ2v) is 6.33. The van der Waals surface area contributed by atoms with Gasteiger partial charge in [-0.05, 0) is 25.4 Å². The van der Waals surface area contributed by atoms with E-state index < -0.39 is 0 Å². The van der Waals surface area contributed by atoms with Crippen LogP contribution in [0.1, 0.15) is 6.92 Å². The molecule has 0 spiro atoms. The van der Waals surface area contributed by atoms with Gasteiger partial charge < -0.3 is 10.2 Å². The minimum Gasteiger partial charge on any atom is -0.368 e. The third-order valence-electron chi connectivity index (χ3n) is 3.99. The summed E-state index contributed by atoms with van der Waals surface area (Å²) >= 11 is 1.66. The Hall–Kier alpha value is -1.24. The number of likely N-dealkylation sites (N-methyl/N-ethyl adjacent to an activating group) is 1. The van der Waals surface area contributed by atoms with Crippen LogP contribution in [-0.2, 0) is 0 Å². The number of nitrogens with zero attached hydrogens (tertiary/aromatic N) is 4. The molecule has 1 aliphatic rings. The van der Waals surface area contributed by atoms with Crippen molar-refractivity contribution in [3.05, 3.63) is 17.8 Å². The largest absolute Gasteiger partial charge is 0.368 e. The summed E-state index contributed by atoms with van der Waals surface area (Å²) in [6, 6.07) is 2.61. The summed E-state index contributed by atoms with van der Waals surface area (Å²) in [6.45, 7) is 7.82. The zero-order valence-electron chi connectivity index (χ0n) is 12.0. The molecule has 0 bridgehead atoms. The maximum absolute atomic E-state index is 4.37. The third-order valence-corrected chi connectivity index (χ3v) is 4.81. The van der Waals surface area contributed by atoms with Crippen LogP contribution in [0.4, 0.5) is 5.82 Å². The second kappa shape index (κ2) is 6.03. The van der Waals surface area contributed by atoms with E-state index in [0.717, 1.165) is 48.8 Å². The van der Waals surface area contributed by atoms with E-state index in [1.165, 1.54) is 0 Å². The molecule has 1 unspecified atom stereocenters. The maximum Gasteiger partial charge on any atom is 0.138 e. The van der Waals surface area contributed by atoms with Gasteiger partial charge in [0.2, 0.25) is 0 Å². The maximum atomic E-state index is 4.37. The second-order valence-electron chi connectivity index (χ2n) is 5.43. The van der Waals surface area contributed by atoms with Crippen LogP contribution in [0.15, 0.2) is 17.8 Å². The molecule has 1 aliphatic heterocycles. The van der Waals surface area contributed by atoms with Crippen LogP contribution in [0.3, 0.4) is 0 Å². The Balaban J connectivity index is 1.60. The lowest BCUT2D eigenvalue weighted by Gasteiger charge is -2.36. The van der Waals surface area contributed by atoms with Gasteiger partial charge >= 0.3 is 0 Å². The predicted octanol–water partition coefficient (Wildman–Crippen LogP) is 1.74. The summed E-state index contributed by atoms with van der Waals surface area (Å²) < 4.78 is 0. The molecule has 1 saturated heterocycles. The van der Waals surface area contributed by atoms with Crippen molar-refractivity contribution in [1.29, 1.82) is 0 Å². The SMILES string of the molecule is CC(CNc1ncnc2sccc12)N1CCN(C)CC1. The highest BCUT2D eigenvalue weighted by atomic mass is 32.1. The van der Waals surface area contributed by atoms with Gasteiger partial charge in [-0.25, -0.2) is 9.97 Å². The molecule has 1 N–H and O–H groups in total. The standard InChI is InChI=1S/C14H21N5S/c1-11(19-6-4-18(2)5-7-19)9-15-13-12-3-8-20-14(12)17-10-16-13/h3,8,10-11H,4-7,9H2,1-2H3,(H,15,16,17). The summed E-state index contributed by atoms with van der Waals surface area (Å²) in [4.78, 5) is 14.6. The van der Waals surface area contributed by atoms with Crippen molar-refractivity contribution in [2.45, 2.75) is 13.0 Å². The van der Waals surface area contributed by atoms with Crippen molar-refractivity contribution >= 4 is 27.4 Å². The molecule has 0 saturated carbocycles. The number of aromatic nitrogens is 2. The molecule has 3 heterocycles. The number of piperazine rings is 1. The zero-order valence-corrected chi connectivity index (χ0v) is 12.9. The van der Waals surface area contributed by atoms with E-state index in [2.05, 4.69) is 50.5 Å². The number of hydrogen-bond acceptors (Lipinski definition) is 6. The van der Waals surface area contributed by atoms with E-state index >= 15 is 0 Å². The summed E-state index contributed by atoms with van der Waals surface area (Å²) in [5, 5.41) is 6.67. The molecule has 5 nitrogen and oxygen atoms in total. The van der Waals surface area contributed by atoms with Gasteiger partial charge in [0, 0.05) is 38.8 Å². The van der Waals surface area contributed by atoms with E-state index in [4.69, 9.17) is 0 Å². The van der Waals surface area contributed by atoms with Gasteiger partial charge in [0.1, 0.15) is 17.0 Å². The highest BCUT2D eigenvalue weighted by molar-refractivity contribution is 7.16.